The normalized spacial score (nSPS) is 11.9. The van der Waals surface area contributed by atoms with Crippen LogP contribution in [-0.4, -0.2) is 19.6 Å². The van der Waals surface area contributed by atoms with Crippen molar-refractivity contribution < 1.29 is 26.2 Å². The van der Waals surface area contributed by atoms with Crippen molar-refractivity contribution in [3.8, 4) is 45.2 Å². The Hall–Kier alpha value is -4.01. The number of phenolic OH excluding ortho intramolecular Hbond substituents is 1. The monoisotopic (exact) mass is 787 g/mol. The zero-order valence-corrected chi connectivity index (χ0v) is 30.5. The first-order chi connectivity index (χ1) is 21.3. The van der Waals surface area contributed by atoms with E-state index in [1.54, 1.807) is 6.07 Å². The summed E-state index contributed by atoms with van der Waals surface area (Å²) in [5, 5.41) is 11.1. The quantitative estimate of drug-likeness (QED) is 0.181. The second-order valence-electron chi connectivity index (χ2n) is 14.3. The van der Waals surface area contributed by atoms with Crippen molar-refractivity contribution in [1.29, 1.82) is 0 Å². The van der Waals surface area contributed by atoms with Crippen molar-refractivity contribution in [3.05, 3.63) is 119 Å². The van der Waals surface area contributed by atoms with E-state index in [1.807, 2.05) is 36.5 Å². The largest absolute Gasteiger partial charge is 0.507 e. The predicted molar refractivity (Wildman–Crippen MR) is 187 cm³/mol. The average molecular weight is 788 g/mol. The molecule has 2 heterocycles. The number of phenols is 1. The van der Waals surface area contributed by atoms with Crippen molar-refractivity contribution in [2.24, 2.45) is 0 Å². The molecule has 238 valence electrons. The summed E-state index contributed by atoms with van der Waals surface area (Å²) in [4.78, 5) is 10.1. The molecule has 0 aliphatic rings. The maximum Gasteiger partial charge on any atom is 0.148 e. The van der Waals surface area contributed by atoms with Crippen LogP contribution in [0.5, 0.6) is 5.75 Å². The molecule has 4 nitrogen and oxygen atoms in total. The van der Waals surface area contributed by atoms with Gasteiger partial charge in [0.2, 0.25) is 0 Å². The van der Waals surface area contributed by atoms with Gasteiger partial charge in [-0.05, 0) is 67.0 Å². The van der Waals surface area contributed by atoms with Gasteiger partial charge in [0.05, 0.1) is 22.3 Å². The van der Waals surface area contributed by atoms with Crippen molar-refractivity contribution in [3.63, 3.8) is 0 Å². The number of fused-ring (bicyclic) bond motifs is 1. The number of aryl methyl sites for hydroxylation is 3. The Morgan fingerprint density at radius 1 is 0.696 bits per heavy atom. The van der Waals surface area contributed by atoms with Crippen molar-refractivity contribution in [2.75, 3.05) is 0 Å². The average Bonchev–Trinajstić information content (AvgIpc) is 3.35. The number of pyridine rings is 1. The fraction of sp³-hybridized carbons (Fsp3) is 0.268. The third-order valence-corrected chi connectivity index (χ3v) is 8.57. The number of aromatic nitrogens is 3. The Balaban J connectivity index is 0.00000417. The zero-order chi connectivity index (χ0) is 32.3. The van der Waals surface area contributed by atoms with Crippen molar-refractivity contribution in [2.45, 2.75) is 73.1 Å². The Kier molecular flexibility index (Phi) is 8.92. The smallest absolute Gasteiger partial charge is 0.148 e. The van der Waals surface area contributed by atoms with E-state index in [-0.39, 0.29) is 37.6 Å². The molecule has 0 saturated heterocycles. The van der Waals surface area contributed by atoms with Crippen LogP contribution in [0.1, 0.15) is 69.4 Å². The SMILES string of the molecule is Cc1cc(C)c(-n2c(-c3ccccc3O)nc3c(-c4[c-]c(-c5ccccn5)c(C(C)(C)C)cc4C(C)(C)C)cccc32)c(C)c1.[Pt]. The molecule has 0 amide bonds. The molecular weight excluding hydrogens is 746 g/mol. The van der Waals surface area contributed by atoms with Crippen molar-refractivity contribution in [1.82, 2.24) is 14.5 Å². The van der Waals surface area contributed by atoms with Gasteiger partial charge in [0.1, 0.15) is 11.6 Å². The molecule has 0 atom stereocenters. The van der Waals surface area contributed by atoms with Gasteiger partial charge in [-0.1, -0.05) is 107 Å². The van der Waals surface area contributed by atoms with Crippen LogP contribution in [-0.2, 0) is 31.9 Å². The minimum absolute atomic E-state index is 0. The Bertz CT molecular complexity index is 2040. The van der Waals surface area contributed by atoms with Gasteiger partial charge in [0.25, 0.3) is 0 Å². The number of aromatic hydroxyl groups is 1. The first-order valence-electron chi connectivity index (χ1n) is 15.7. The summed E-state index contributed by atoms with van der Waals surface area (Å²) in [5.74, 6) is 0.908. The molecule has 0 aliphatic carbocycles. The molecule has 0 spiro atoms. The van der Waals surface area contributed by atoms with Crippen LogP contribution in [0, 0.1) is 26.8 Å². The second kappa shape index (κ2) is 12.3. The Morgan fingerprint density at radius 2 is 1.30 bits per heavy atom. The minimum Gasteiger partial charge on any atom is -0.507 e. The molecule has 6 rings (SSSR count). The number of nitrogens with zero attached hydrogens (tertiary/aromatic N) is 3. The van der Waals surface area contributed by atoms with E-state index in [0.717, 1.165) is 50.2 Å². The maximum absolute atomic E-state index is 11.1. The van der Waals surface area contributed by atoms with Gasteiger partial charge < -0.3 is 5.11 Å². The van der Waals surface area contributed by atoms with Crippen LogP contribution in [0.3, 0.4) is 0 Å². The summed E-state index contributed by atoms with van der Waals surface area (Å²) in [6.07, 6.45) is 1.85. The number of rotatable bonds is 4. The standard InChI is InChI=1S/C41H42N3O.Pt/c1-25-21-26(2)38(27(3)22-25)44-35-18-14-16-28(37(35)43-39(44)29-15-10-11-19-36(29)45)30-23-31(34-17-12-13-20-42-34)33(41(7,8)9)24-32(30)40(4,5)6;/h10-22,24,45H,1-9H3;/q-1;. The summed E-state index contributed by atoms with van der Waals surface area (Å²) in [6, 6.07) is 30.6. The third-order valence-electron chi connectivity index (χ3n) is 8.57. The summed E-state index contributed by atoms with van der Waals surface area (Å²) in [5.41, 5.74) is 13.2. The fourth-order valence-corrected chi connectivity index (χ4v) is 6.55. The molecule has 2 aromatic heterocycles. The van der Waals surface area contributed by atoms with Crippen LogP contribution < -0.4 is 0 Å². The number of imidazole rings is 1. The Morgan fingerprint density at radius 3 is 1.91 bits per heavy atom. The molecule has 6 aromatic rings. The van der Waals surface area contributed by atoms with Crippen LogP contribution >= 0.6 is 0 Å². The van der Waals surface area contributed by atoms with E-state index in [2.05, 4.69) is 115 Å². The first-order valence-corrected chi connectivity index (χ1v) is 15.7. The molecule has 5 heteroatoms. The first kappa shape index (κ1) is 33.4. The van der Waals surface area contributed by atoms with Crippen LogP contribution in [0.2, 0.25) is 0 Å². The number of hydrogen-bond donors (Lipinski definition) is 1. The van der Waals surface area contributed by atoms with E-state index in [9.17, 15) is 5.11 Å². The summed E-state index contributed by atoms with van der Waals surface area (Å²) >= 11 is 0. The topological polar surface area (TPSA) is 50.9 Å². The molecule has 4 aromatic carbocycles. The third kappa shape index (κ3) is 5.96. The van der Waals surface area contributed by atoms with Gasteiger partial charge in [-0.3, -0.25) is 9.55 Å². The van der Waals surface area contributed by atoms with Gasteiger partial charge in [-0.2, -0.15) is 0 Å². The number of benzene rings is 4. The van der Waals surface area contributed by atoms with Crippen molar-refractivity contribution >= 4 is 11.0 Å². The van der Waals surface area contributed by atoms with Crippen LogP contribution in [0.4, 0.5) is 0 Å². The second-order valence-corrected chi connectivity index (χ2v) is 14.3. The molecular formula is C41H42N3OPt-. The summed E-state index contributed by atoms with van der Waals surface area (Å²) in [6.45, 7) is 20.0. The number of hydrogen-bond acceptors (Lipinski definition) is 3. The van der Waals surface area contributed by atoms with E-state index >= 15 is 0 Å². The molecule has 0 aliphatic heterocycles. The summed E-state index contributed by atoms with van der Waals surface area (Å²) in [7, 11) is 0. The van der Waals surface area contributed by atoms with Gasteiger partial charge in [0.15, 0.2) is 0 Å². The van der Waals surface area contributed by atoms with E-state index in [1.165, 1.54) is 16.7 Å². The summed E-state index contributed by atoms with van der Waals surface area (Å²) < 4.78 is 2.22. The molecule has 0 radical (unpaired) electrons. The molecule has 0 bridgehead atoms. The minimum atomic E-state index is -0.163. The van der Waals surface area contributed by atoms with Gasteiger partial charge in [-0.15, -0.1) is 28.8 Å². The van der Waals surface area contributed by atoms with Crippen LogP contribution in [0.15, 0.2) is 85.1 Å². The molecule has 46 heavy (non-hydrogen) atoms. The van der Waals surface area contributed by atoms with Gasteiger partial charge in [0, 0.05) is 33.0 Å². The van der Waals surface area contributed by atoms with E-state index in [0.29, 0.717) is 11.4 Å². The van der Waals surface area contributed by atoms with E-state index < -0.39 is 0 Å². The Labute approximate surface area is 287 Å². The predicted octanol–water partition coefficient (Wildman–Crippen LogP) is 10.4. The maximum atomic E-state index is 11.1. The molecule has 0 fully saturated rings. The van der Waals surface area contributed by atoms with Crippen LogP contribution in [0.25, 0.3) is 50.5 Å². The fourth-order valence-electron chi connectivity index (χ4n) is 6.55. The molecule has 0 saturated carbocycles. The molecule has 0 unspecified atom stereocenters. The van der Waals surface area contributed by atoms with Gasteiger partial charge in [-0.25, -0.2) is 4.98 Å². The zero-order valence-electron chi connectivity index (χ0n) is 28.2. The van der Waals surface area contributed by atoms with Gasteiger partial charge >= 0.3 is 0 Å². The van der Waals surface area contributed by atoms with E-state index in [4.69, 9.17) is 9.97 Å². The number of para-hydroxylation sites is 2. The molecule has 1 N–H and O–H groups in total.